The number of rotatable bonds is 5. The third kappa shape index (κ3) is 3.83. The minimum atomic E-state index is -0.546. The van der Waals surface area contributed by atoms with Gasteiger partial charge in [-0.25, -0.2) is 9.59 Å². The Labute approximate surface area is 189 Å². The zero-order chi connectivity index (χ0) is 22.9. The molecule has 2 aliphatic carbocycles. The third-order valence-corrected chi connectivity index (χ3v) is 8.15. The molecule has 0 saturated heterocycles. The summed E-state index contributed by atoms with van der Waals surface area (Å²) < 4.78 is 10.9. The molecule has 1 heterocycles. The average Bonchev–Trinajstić information content (AvgIpc) is 3.20. The Morgan fingerprint density at radius 2 is 2.03 bits per heavy atom. The third-order valence-electron chi connectivity index (χ3n) is 8.15. The van der Waals surface area contributed by atoms with Gasteiger partial charge in [-0.15, -0.1) is 0 Å². The Morgan fingerprint density at radius 1 is 1.28 bits per heavy atom. The minimum Gasteiger partial charge on any atom is -0.458 e. The van der Waals surface area contributed by atoms with E-state index < -0.39 is 5.41 Å². The van der Waals surface area contributed by atoms with Crippen molar-refractivity contribution in [2.24, 2.45) is 22.7 Å². The van der Waals surface area contributed by atoms with E-state index in [0.29, 0.717) is 24.0 Å². The van der Waals surface area contributed by atoms with Gasteiger partial charge in [0.25, 0.3) is 0 Å². The zero-order valence-corrected chi connectivity index (χ0v) is 18.9. The monoisotopic (exact) mass is 436 g/mol. The number of hydrogen-bond acceptors (Lipinski definition) is 5. The number of fused-ring (bicyclic) bond motifs is 1. The van der Waals surface area contributed by atoms with Crippen LogP contribution in [0.5, 0.6) is 0 Å². The molecule has 0 unspecified atom stereocenters. The summed E-state index contributed by atoms with van der Waals surface area (Å²) in [4.78, 5) is 24.6. The number of aliphatic hydroxyl groups excluding tert-OH is 1. The van der Waals surface area contributed by atoms with Crippen molar-refractivity contribution < 1.29 is 24.2 Å². The molecule has 170 valence electrons. The molecule has 4 rings (SSSR count). The first-order chi connectivity index (χ1) is 15.3. The first-order valence-electron chi connectivity index (χ1n) is 11.4. The zero-order valence-electron chi connectivity index (χ0n) is 18.9. The highest BCUT2D eigenvalue weighted by Crippen LogP contribution is 2.62. The summed E-state index contributed by atoms with van der Waals surface area (Å²) in [6.07, 6.45) is 8.75. The molecule has 2 fully saturated rings. The minimum absolute atomic E-state index is 0.0463. The van der Waals surface area contributed by atoms with Crippen LogP contribution in [0.2, 0.25) is 0 Å². The topological polar surface area (TPSA) is 72.8 Å². The van der Waals surface area contributed by atoms with E-state index in [-0.39, 0.29) is 41.9 Å². The second-order valence-corrected chi connectivity index (χ2v) is 9.87. The normalized spacial score (nSPS) is 35.5. The maximum Gasteiger partial charge on any atom is 0.342 e. The summed E-state index contributed by atoms with van der Waals surface area (Å²) in [7, 11) is 0. The lowest BCUT2D eigenvalue weighted by atomic mass is 9.46. The Hall–Kier alpha value is -2.66. The predicted molar refractivity (Wildman–Crippen MR) is 121 cm³/mol. The SMILES string of the molecule is C=C1CC[C@@H]2[C@](C)(CO)[C@H](OC(=O)c3ccccc3)CC[C@@]2(C)[C@@H]1C/C=C1\C=COC1=O. The smallest absolute Gasteiger partial charge is 0.342 e. The Bertz CT molecular complexity index is 962. The highest BCUT2D eigenvalue weighted by Gasteiger charge is 2.58. The van der Waals surface area contributed by atoms with Crippen molar-refractivity contribution in [2.75, 3.05) is 6.61 Å². The summed E-state index contributed by atoms with van der Waals surface area (Å²) in [6.45, 7) is 8.65. The standard InChI is InChI=1S/C27H32O5/c1-18-9-12-22-26(2,21(18)11-10-20-14-16-31-24(20)29)15-13-23(27(22,3)17-28)32-25(30)19-7-5-4-6-8-19/h4-8,10,14,16,21-23,28H,1,9,11-13,15,17H2,2-3H3/b20-10+/t21-,22+,23-,26+,27+/m1/s1. The van der Waals surface area contributed by atoms with Crippen LogP contribution in [-0.2, 0) is 14.3 Å². The van der Waals surface area contributed by atoms with E-state index in [1.165, 1.54) is 11.8 Å². The Morgan fingerprint density at radius 3 is 2.69 bits per heavy atom. The van der Waals surface area contributed by atoms with Crippen LogP contribution < -0.4 is 0 Å². The van der Waals surface area contributed by atoms with Crippen molar-refractivity contribution >= 4 is 11.9 Å². The summed E-state index contributed by atoms with van der Waals surface area (Å²) >= 11 is 0. The molecule has 1 aromatic rings. The van der Waals surface area contributed by atoms with Crippen LogP contribution in [0.4, 0.5) is 0 Å². The Kier molecular flexibility index (Phi) is 6.13. The van der Waals surface area contributed by atoms with Crippen molar-refractivity contribution in [2.45, 2.75) is 52.1 Å². The summed E-state index contributed by atoms with van der Waals surface area (Å²) in [5.41, 5.74) is 1.65. The van der Waals surface area contributed by atoms with Gasteiger partial charge in [0.2, 0.25) is 0 Å². The van der Waals surface area contributed by atoms with Gasteiger partial charge >= 0.3 is 11.9 Å². The molecule has 0 bridgehead atoms. The van der Waals surface area contributed by atoms with Crippen molar-refractivity contribution in [3.63, 3.8) is 0 Å². The summed E-state index contributed by atoms with van der Waals surface area (Å²) in [6, 6.07) is 9.01. The number of allylic oxidation sites excluding steroid dienone is 2. The number of carbonyl (C=O) groups is 2. The van der Waals surface area contributed by atoms with E-state index in [4.69, 9.17) is 9.47 Å². The summed E-state index contributed by atoms with van der Waals surface area (Å²) in [5, 5.41) is 10.6. The van der Waals surface area contributed by atoms with Crippen LogP contribution in [0, 0.1) is 22.7 Å². The maximum atomic E-state index is 12.8. The highest BCUT2D eigenvalue weighted by molar-refractivity contribution is 5.94. The molecule has 3 aliphatic rings. The molecule has 1 aromatic carbocycles. The first-order valence-corrected chi connectivity index (χ1v) is 11.4. The molecule has 2 saturated carbocycles. The van der Waals surface area contributed by atoms with E-state index in [1.54, 1.807) is 18.2 Å². The molecule has 0 radical (unpaired) electrons. The van der Waals surface area contributed by atoms with E-state index >= 15 is 0 Å². The molecular formula is C27H32O5. The molecule has 1 N–H and O–H groups in total. The first kappa shape index (κ1) is 22.5. The average molecular weight is 437 g/mol. The van der Waals surface area contributed by atoms with Crippen LogP contribution in [0.15, 0.2) is 66.5 Å². The van der Waals surface area contributed by atoms with Gasteiger partial charge in [-0.05, 0) is 67.6 Å². The van der Waals surface area contributed by atoms with Crippen LogP contribution in [-0.4, -0.2) is 29.8 Å². The van der Waals surface area contributed by atoms with Crippen LogP contribution in [0.25, 0.3) is 0 Å². The second-order valence-electron chi connectivity index (χ2n) is 9.87. The van der Waals surface area contributed by atoms with Gasteiger partial charge < -0.3 is 14.6 Å². The number of cyclic esters (lactones) is 1. The van der Waals surface area contributed by atoms with Crippen molar-refractivity contribution in [3.05, 3.63) is 72.0 Å². The maximum absolute atomic E-state index is 12.8. The van der Waals surface area contributed by atoms with E-state index in [9.17, 15) is 14.7 Å². The lowest BCUT2D eigenvalue weighted by molar-refractivity contribution is -0.153. The Balaban J connectivity index is 1.58. The van der Waals surface area contributed by atoms with E-state index in [2.05, 4.69) is 20.4 Å². The molecule has 5 atom stereocenters. The number of aliphatic hydroxyl groups is 1. The second kappa shape index (κ2) is 8.70. The fourth-order valence-electron chi connectivity index (χ4n) is 6.28. The van der Waals surface area contributed by atoms with Gasteiger partial charge in [0.05, 0.1) is 24.0 Å². The molecule has 32 heavy (non-hydrogen) atoms. The van der Waals surface area contributed by atoms with Crippen LogP contribution in [0.1, 0.15) is 56.3 Å². The molecule has 0 amide bonds. The van der Waals surface area contributed by atoms with Gasteiger partial charge in [0, 0.05) is 5.41 Å². The molecule has 5 nitrogen and oxygen atoms in total. The van der Waals surface area contributed by atoms with E-state index in [0.717, 1.165) is 19.3 Å². The molecular weight excluding hydrogens is 404 g/mol. The fourth-order valence-corrected chi connectivity index (χ4v) is 6.28. The predicted octanol–water partition coefficient (Wildman–Crippen LogP) is 4.98. The lowest BCUT2D eigenvalue weighted by Crippen LogP contribution is -2.58. The van der Waals surface area contributed by atoms with Crippen molar-refractivity contribution in [3.8, 4) is 0 Å². The lowest BCUT2D eigenvalue weighted by Gasteiger charge is -2.60. The van der Waals surface area contributed by atoms with Gasteiger partial charge in [-0.1, -0.05) is 50.3 Å². The number of carbonyl (C=O) groups excluding carboxylic acids is 2. The fraction of sp³-hybridized carbons (Fsp3) is 0.481. The van der Waals surface area contributed by atoms with Crippen molar-refractivity contribution in [1.82, 2.24) is 0 Å². The van der Waals surface area contributed by atoms with Gasteiger partial charge in [-0.2, -0.15) is 0 Å². The number of hydrogen-bond donors (Lipinski definition) is 1. The van der Waals surface area contributed by atoms with E-state index in [1.807, 2.05) is 24.3 Å². The van der Waals surface area contributed by atoms with Gasteiger partial charge in [0.15, 0.2) is 0 Å². The molecule has 0 aromatic heterocycles. The number of esters is 2. The van der Waals surface area contributed by atoms with Gasteiger partial charge in [-0.3, -0.25) is 0 Å². The van der Waals surface area contributed by atoms with Crippen LogP contribution in [0.3, 0.4) is 0 Å². The molecule has 5 heteroatoms. The number of ether oxygens (including phenoxy) is 2. The molecule has 0 spiro atoms. The largest absolute Gasteiger partial charge is 0.458 e. The van der Waals surface area contributed by atoms with Gasteiger partial charge in [0.1, 0.15) is 6.10 Å². The van der Waals surface area contributed by atoms with Crippen molar-refractivity contribution in [1.29, 1.82) is 0 Å². The number of benzene rings is 1. The summed E-state index contributed by atoms with van der Waals surface area (Å²) in [5.74, 6) is -0.300. The molecule has 1 aliphatic heterocycles. The van der Waals surface area contributed by atoms with Crippen LogP contribution >= 0.6 is 0 Å². The quantitative estimate of drug-likeness (QED) is 0.400. The highest BCUT2D eigenvalue weighted by atomic mass is 16.5.